The van der Waals surface area contributed by atoms with Crippen LogP contribution in [0.25, 0.3) is 0 Å². The second-order valence-electron chi connectivity index (χ2n) is 6.43. The van der Waals surface area contributed by atoms with Crippen molar-refractivity contribution < 1.29 is 36.6 Å². The van der Waals surface area contributed by atoms with Crippen LogP contribution >= 0.6 is 0 Å². The molecule has 154 valence electrons. The van der Waals surface area contributed by atoms with Crippen LogP contribution in [0.4, 0.5) is 17.6 Å². The van der Waals surface area contributed by atoms with Gasteiger partial charge in [0.25, 0.3) is 0 Å². The number of rotatable bonds is 13. The molecule has 0 heterocycles. The molecule has 0 saturated heterocycles. The predicted octanol–water partition coefficient (Wildman–Crippen LogP) is 5.00. The summed E-state index contributed by atoms with van der Waals surface area (Å²) < 4.78 is 63.7. The first-order valence-corrected chi connectivity index (χ1v) is 9.01. The second kappa shape index (κ2) is 11.4. The van der Waals surface area contributed by atoms with Gasteiger partial charge in [-0.1, -0.05) is 39.5 Å². The Balaban J connectivity index is 4.30. The number of hydrogen-bond donors (Lipinski definition) is 0. The minimum absolute atomic E-state index is 0.144. The standard InChI is InChI=1S/C18H30F4O4/c1-5-13(17(19,20)15(23)25-3)11-9-7-8-10-12-14(6-2)18(21,22)16(24)26-4/h13-14H,5-12H2,1-4H3. The summed E-state index contributed by atoms with van der Waals surface area (Å²) in [6.07, 6.45) is 2.73. The third-order valence-corrected chi connectivity index (χ3v) is 4.78. The molecule has 0 saturated carbocycles. The molecule has 0 aromatic heterocycles. The van der Waals surface area contributed by atoms with Gasteiger partial charge in [0.1, 0.15) is 0 Å². The van der Waals surface area contributed by atoms with Crippen LogP contribution in [-0.4, -0.2) is 38.0 Å². The molecule has 0 aliphatic rings. The van der Waals surface area contributed by atoms with E-state index in [9.17, 15) is 27.2 Å². The van der Waals surface area contributed by atoms with Crippen molar-refractivity contribution in [2.45, 2.75) is 77.1 Å². The zero-order valence-electron chi connectivity index (χ0n) is 16.0. The van der Waals surface area contributed by atoms with Crippen LogP contribution < -0.4 is 0 Å². The molecular weight excluding hydrogens is 356 g/mol. The summed E-state index contributed by atoms with van der Waals surface area (Å²) >= 11 is 0. The maximum absolute atomic E-state index is 13.8. The molecule has 0 aliphatic carbocycles. The number of hydrogen-bond acceptors (Lipinski definition) is 4. The van der Waals surface area contributed by atoms with E-state index in [1.165, 1.54) is 0 Å². The Hall–Kier alpha value is -1.34. The molecule has 0 bridgehead atoms. The number of methoxy groups -OCH3 is 2. The average molecular weight is 386 g/mol. The molecule has 2 unspecified atom stereocenters. The van der Waals surface area contributed by atoms with Crippen LogP contribution in [0, 0.1) is 11.8 Å². The largest absolute Gasteiger partial charge is 0.465 e. The third-order valence-electron chi connectivity index (χ3n) is 4.78. The number of alkyl halides is 4. The smallest absolute Gasteiger partial charge is 0.377 e. The van der Waals surface area contributed by atoms with Crippen molar-refractivity contribution in [3.8, 4) is 0 Å². The van der Waals surface area contributed by atoms with Crippen molar-refractivity contribution in [2.24, 2.45) is 11.8 Å². The van der Waals surface area contributed by atoms with E-state index in [0.717, 1.165) is 14.2 Å². The van der Waals surface area contributed by atoms with E-state index in [2.05, 4.69) is 9.47 Å². The Labute approximate surface area is 152 Å². The van der Waals surface area contributed by atoms with Gasteiger partial charge in [0.2, 0.25) is 0 Å². The molecule has 0 aromatic rings. The Morgan fingerprint density at radius 3 is 1.27 bits per heavy atom. The molecule has 0 fully saturated rings. The van der Waals surface area contributed by atoms with Gasteiger partial charge in [-0.25, -0.2) is 9.59 Å². The number of unbranched alkanes of at least 4 members (excludes halogenated alkanes) is 3. The van der Waals surface area contributed by atoms with Gasteiger partial charge in [-0.3, -0.25) is 0 Å². The van der Waals surface area contributed by atoms with Crippen molar-refractivity contribution in [3.05, 3.63) is 0 Å². The van der Waals surface area contributed by atoms with Gasteiger partial charge in [0.05, 0.1) is 14.2 Å². The zero-order valence-corrected chi connectivity index (χ0v) is 16.0. The lowest BCUT2D eigenvalue weighted by Crippen LogP contribution is -2.38. The first-order chi connectivity index (χ1) is 12.1. The van der Waals surface area contributed by atoms with Gasteiger partial charge >= 0.3 is 23.8 Å². The normalized spacial score (nSPS) is 14.6. The Bertz CT molecular complexity index is 401. The average Bonchev–Trinajstić information content (AvgIpc) is 2.61. The van der Waals surface area contributed by atoms with Crippen LogP contribution in [0.15, 0.2) is 0 Å². The summed E-state index contributed by atoms with van der Waals surface area (Å²) in [5.74, 6) is -12.3. The van der Waals surface area contributed by atoms with Crippen LogP contribution in [-0.2, 0) is 19.1 Å². The fourth-order valence-corrected chi connectivity index (χ4v) is 3.02. The van der Waals surface area contributed by atoms with Gasteiger partial charge in [-0.15, -0.1) is 0 Å². The summed E-state index contributed by atoms with van der Waals surface area (Å²) in [4.78, 5) is 22.3. The van der Waals surface area contributed by atoms with E-state index >= 15 is 0 Å². The fourth-order valence-electron chi connectivity index (χ4n) is 3.02. The highest BCUT2D eigenvalue weighted by Gasteiger charge is 2.47. The number of halogens is 4. The highest BCUT2D eigenvalue weighted by atomic mass is 19.3. The quantitative estimate of drug-likeness (QED) is 0.254. The summed E-state index contributed by atoms with van der Waals surface area (Å²) in [5, 5.41) is 0. The van der Waals surface area contributed by atoms with Gasteiger partial charge in [-0.05, 0) is 25.7 Å². The second-order valence-corrected chi connectivity index (χ2v) is 6.43. The molecule has 0 amide bonds. The summed E-state index contributed by atoms with van der Waals surface area (Å²) in [7, 11) is 1.86. The first-order valence-electron chi connectivity index (χ1n) is 9.01. The molecule has 0 rings (SSSR count). The van der Waals surface area contributed by atoms with Crippen LogP contribution in [0.3, 0.4) is 0 Å². The summed E-state index contributed by atoms with van der Waals surface area (Å²) in [6.45, 7) is 3.17. The minimum Gasteiger partial charge on any atom is -0.465 e. The maximum Gasteiger partial charge on any atom is 0.377 e. The van der Waals surface area contributed by atoms with E-state index in [0.29, 0.717) is 25.7 Å². The molecule has 4 nitrogen and oxygen atoms in total. The van der Waals surface area contributed by atoms with Crippen LogP contribution in [0.2, 0.25) is 0 Å². The molecule has 26 heavy (non-hydrogen) atoms. The van der Waals surface area contributed by atoms with Crippen molar-refractivity contribution >= 4 is 11.9 Å². The molecule has 2 atom stereocenters. The number of esters is 2. The molecular formula is C18H30F4O4. The van der Waals surface area contributed by atoms with Gasteiger partial charge in [-0.2, -0.15) is 17.6 Å². The van der Waals surface area contributed by atoms with E-state index < -0.39 is 35.6 Å². The Morgan fingerprint density at radius 1 is 0.731 bits per heavy atom. The topological polar surface area (TPSA) is 52.6 Å². The maximum atomic E-state index is 13.8. The van der Waals surface area contributed by atoms with Crippen molar-refractivity contribution in [3.63, 3.8) is 0 Å². The van der Waals surface area contributed by atoms with Crippen molar-refractivity contribution in [1.82, 2.24) is 0 Å². The van der Waals surface area contributed by atoms with E-state index in [4.69, 9.17) is 0 Å². The third kappa shape index (κ3) is 6.76. The summed E-state index contributed by atoms with van der Waals surface area (Å²) in [5.41, 5.74) is 0. The molecule has 8 heteroatoms. The highest BCUT2D eigenvalue weighted by molar-refractivity contribution is 5.78. The van der Waals surface area contributed by atoms with Crippen LogP contribution in [0.1, 0.15) is 65.2 Å². The SMILES string of the molecule is CCC(CCCCCCC(CC)C(F)(F)C(=O)OC)C(F)(F)C(=O)OC. The number of ether oxygens (including phenoxy) is 2. The predicted molar refractivity (Wildman–Crippen MR) is 89.2 cm³/mol. The Morgan fingerprint density at radius 2 is 1.04 bits per heavy atom. The minimum atomic E-state index is -3.51. The molecule has 0 aliphatic heterocycles. The Kier molecular flexibility index (Phi) is 10.8. The van der Waals surface area contributed by atoms with Crippen LogP contribution in [0.5, 0.6) is 0 Å². The van der Waals surface area contributed by atoms with Crippen molar-refractivity contribution in [1.29, 1.82) is 0 Å². The molecule has 0 N–H and O–H groups in total. The van der Waals surface area contributed by atoms with Gasteiger partial charge in [0.15, 0.2) is 0 Å². The number of carbonyl (C=O) groups is 2. The zero-order chi connectivity index (χ0) is 20.4. The van der Waals surface area contributed by atoms with E-state index in [-0.39, 0.29) is 25.7 Å². The molecule has 0 radical (unpaired) electrons. The molecule has 0 spiro atoms. The molecule has 0 aromatic carbocycles. The number of carbonyl (C=O) groups excluding carboxylic acids is 2. The van der Waals surface area contributed by atoms with Gasteiger partial charge in [0, 0.05) is 11.8 Å². The highest BCUT2D eigenvalue weighted by Crippen LogP contribution is 2.34. The fraction of sp³-hybridized carbons (Fsp3) is 0.889. The van der Waals surface area contributed by atoms with E-state index in [1.54, 1.807) is 13.8 Å². The first kappa shape index (κ1) is 24.7. The lowest BCUT2D eigenvalue weighted by atomic mass is 9.90. The van der Waals surface area contributed by atoms with E-state index in [1.807, 2.05) is 0 Å². The van der Waals surface area contributed by atoms with Gasteiger partial charge < -0.3 is 9.47 Å². The monoisotopic (exact) mass is 386 g/mol. The lowest BCUT2D eigenvalue weighted by Gasteiger charge is -2.24. The summed E-state index contributed by atoms with van der Waals surface area (Å²) in [6, 6.07) is 0. The van der Waals surface area contributed by atoms with Crippen molar-refractivity contribution in [2.75, 3.05) is 14.2 Å². The lowest BCUT2D eigenvalue weighted by molar-refractivity contribution is -0.178.